The van der Waals surface area contributed by atoms with Gasteiger partial charge in [0.05, 0.1) is 6.42 Å². The van der Waals surface area contributed by atoms with Crippen LogP contribution in [0.5, 0.6) is 23.0 Å². The average molecular weight is 312 g/mol. The van der Waals surface area contributed by atoms with Crippen molar-refractivity contribution in [3.8, 4) is 23.0 Å². The number of Topliss-reactive ketones (excluding diaryl/α,β-unsaturated/α-hetero) is 1. The van der Waals surface area contributed by atoms with Gasteiger partial charge in [-0.15, -0.1) is 6.58 Å². The van der Waals surface area contributed by atoms with Crippen molar-refractivity contribution in [1.29, 1.82) is 0 Å². The molecule has 5 nitrogen and oxygen atoms in total. The van der Waals surface area contributed by atoms with Gasteiger partial charge in [-0.1, -0.05) is 24.3 Å². The van der Waals surface area contributed by atoms with Crippen molar-refractivity contribution in [2.24, 2.45) is 0 Å². The van der Waals surface area contributed by atoms with Crippen LogP contribution >= 0.6 is 0 Å². The molecule has 1 atom stereocenters. The Morgan fingerprint density at radius 3 is 2.65 bits per heavy atom. The summed E-state index contributed by atoms with van der Waals surface area (Å²) in [5, 5.41) is 30.2. The van der Waals surface area contributed by atoms with E-state index >= 15 is 0 Å². The van der Waals surface area contributed by atoms with Gasteiger partial charge in [-0.3, -0.25) is 4.79 Å². The first kappa shape index (κ1) is 15.0. The van der Waals surface area contributed by atoms with Crippen molar-refractivity contribution in [3.05, 3.63) is 59.7 Å². The van der Waals surface area contributed by atoms with Crippen molar-refractivity contribution in [1.82, 2.24) is 0 Å². The molecule has 0 saturated heterocycles. The van der Waals surface area contributed by atoms with E-state index in [1.807, 2.05) is 0 Å². The summed E-state index contributed by atoms with van der Waals surface area (Å²) in [6.45, 7) is 3.56. The summed E-state index contributed by atoms with van der Waals surface area (Å²) in [6.07, 6.45) is 1.10. The fraction of sp³-hybridized carbons (Fsp3) is 0.167. The van der Waals surface area contributed by atoms with Gasteiger partial charge in [0.25, 0.3) is 0 Å². The summed E-state index contributed by atoms with van der Waals surface area (Å²) in [6, 6.07) is 7.92. The normalized spacial score (nSPS) is 16.5. The van der Waals surface area contributed by atoms with Gasteiger partial charge in [-0.2, -0.15) is 0 Å². The van der Waals surface area contributed by atoms with E-state index in [1.165, 1.54) is 18.2 Å². The quantitative estimate of drug-likeness (QED) is 0.757. The van der Waals surface area contributed by atoms with Gasteiger partial charge in [-0.25, -0.2) is 0 Å². The van der Waals surface area contributed by atoms with Crippen LogP contribution in [0, 0.1) is 0 Å². The zero-order valence-electron chi connectivity index (χ0n) is 12.3. The lowest BCUT2D eigenvalue weighted by molar-refractivity contribution is 0.0841. The molecule has 3 rings (SSSR count). The highest BCUT2D eigenvalue weighted by atomic mass is 16.5. The van der Waals surface area contributed by atoms with E-state index in [-0.39, 0.29) is 52.7 Å². The molecule has 0 spiro atoms. The Hall–Kier alpha value is -2.95. The van der Waals surface area contributed by atoms with Gasteiger partial charge >= 0.3 is 0 Å². The number of rotatable bonds is 3. The minimum absolute atomic E-state index is 0.00353. The van der Waals surface area contributed by atoms with Crippen LogP contribution in [-0.2, 0) is 6.42 Å². The lowest BCUT2D eigenvalue weighted by Gasteiger charge is -2.27. The summed E-state index contributed by atoms with van der Waals surface area (Å²) in [7, 11) is 0. The van der Waals surface area contributed by atoms with Crippen LogP contribution in [0.2, 0.25) is 0 Å². The smallest absolute Gasteiger partial charge is 0.174 e. The van der Waals surface area contributed by atoms with Crippen LogP contribution in [0.1, 0.15) is 34.0 Å². The van der Waals surface area contributed by atoms with Gasteiger partial charge in [-0.05, 0) is 12.5 Å². The number of allylic oxidation sites excluding steroid dienone is 1. The van der Waals surface area contributed by atoms with Gasteiger partial charge in [0, 0.05) is 17.2 Å². The van der Waals surface area contributed by atoms with Crippen molar-refractivity contribution >= 4 is 5.78 Å². The molecule has 0 aliphatic carbocycles. The summed E-state index contributed by atoms with van der Waals surface area (Å²) in [5.74, 6) is -0.599. The second-order valence-corrected chi connectivity index (χ2v) is 5.38. The van der Waals surface area contributed by atoms with E-state index in [0.29, 0.717) is 5.56 Å². The summed E-state index contributed by atoms with van der Waals surface area (Å²) < 4.78 is 5.74. The molecule has 0 amide bonds. The van der Waals surface area contributed by atoms with E-state index in [4.69, 9.17) is 4.74 Å². The van der Waals surface area contributed by atoms with Gasteiger partial charge < -0.3 is 20.1 Å². The number of aromatic hydroxyl groups is 3. The molecule has 0 fully saturated rings. The van der Waals surface area contributed by atoms with Crippen molar-refractivity contribution < 1.29 is 24.9 Å². The van der Waals surface area contributed by atoms with Crippen LogP contribution in [0.4, 0.5) is 0 Å². The first-order valence-corrected chi connectivity index (χ1v) is 7.19. The predicted octanol–water partition coefficient (Wildman–Crippen LogP) is 3.24. The van der Waals surface area contributed by atoms with Crippen molar-refractivity contribution in [2.45, 2.75) is 18.9 Å². The molecule has 0 saturated carbocycles. The van der Waals surface area contributed by atoms with E-state index in [0.717, 1.165) is 0 Å². The number of benzene rings is 2. The molecule has 23 heavy (non-hydrogen) atoms. The second-order valence-electron chi connectivity index (χ2n) is 5.38. The van der Waals surface area contributed by atoms with Crippen LogP contribution in [0.3, 0.4) is 0 Å². The van der Waals surface area contributed by atoms with Crippen molar-refractivity contribution in [3.63, 3.8) is 0 Å². The fourth-order valence-corrected chi connectivity index (χ4v) is 2.78. The third-order valence-electron chi connectivity index (χ3n) is 3.90. The van der Waals surface area contributed by atoms with Crippen LogP contribution in [0.25, 0.3) is 0 Å². The third kappa shape index (κ3) is 2.50. The Morgan fingerprint density at radius 2 is 1.96 bits per heavy atom. The first-order chi connectivity index (χ1) is 11.0. The minimum Gasteiger partial charge on any atom is -0.508 e. The molecule has 2 aromatic rings. The van der Waals surface area contributed by atoms with Crippen LogP contribution in [0.15, 0.2) is 43.0 Å². The summed E-state index contributed by atoms with van der Waals surface area (Å²) in [5.41, 5.74) is 0.795. The molecule has 1 aliphatic heterocycles. The molecule has 0 aromatic heterocycles. The van der Waals surface area contributed by atoms with Gasteiger partial charge in [0.1, 0.15) is 34.7 Å². The van der Waals surface area contributed by atoms with Gasteiger partial charge in [0.15, 0.2) is 5.78 Å². The largest absolute Gasteiger partial charge is 0.508 e. The standard InChI is InChI=1S/C18H16O5/c1-2-5-11-13(20)8-16-17(18(11)22)14(21)9-15(23-16)10-6-3-4-7-12(10)19/h2-4,6-8,15,19-20,22H,1,5,9H2. The number of hydrogen-bond acceptors (Lipinski definition) is 5. The molecular weight excluding hydrogens is 296 g/mol. The second kappa shape index (κ2) is 5.68. The van der Waals surface area contributed by atoms with E-state index < -0.39 is 6.10 Å². The fourth-order valence-electron chi connectivity index (χ4n) is 2.78. The molecule has 1 aliphatic rings. The number of carbonyl (C=O) groups excluding carboxylic acids is 1. The first-order valence-electron chi connectivity index (χ1n) is 7.19. The van der Waals surface area contributed by atoms with Crippen molar-refractivity contribution in [2.75, 3.05) is 0 Å². The molecular formula is C18H16O5. The number of carbonyl (C=O) groups is 1. The monoisotopic (exact) mass is 312 g/mol. The Bertz CT molecular complexity index is 794. The zero-order valence-corrected chi connectivity index (χ0v) is 12.3. The maximum Gasteiger partial charge on any atom is 0.174 e. The SMILES string of the molecule is C=CCc1c(O)cc2c(c1O)C(=O)CC(c1ccccc1O)O2. The molecule has 3 N–H and O–H groups in total. The number of para-hydroxylation sites is 1. The number of phenols is 3. The number of ketones is 1. The Labute approximate surface area is 133 Å². The minimum atomic E-state index is -0.666. The predicted molar refractivity (Wildman–Crippen MR) is 84.1 cm³/mol. The summed E-state index contributed by atoms with van der Waals surface area (Å²) >= 11 is 0. The maximum absolute atomic E-state index is 12.4. The number of hydrogen-bond donors (Lipinski definition) is 3. The number of fused-ring (bicyclic) bond motifs is 1. The average Bonchev–Trinajstić information content (AvgIpc) is 2.51. The molecule has 5 heteroatoms. The number of ether oxygens (including phenoxy) is 1. The molecule has 1 unspecified atom stereocenters. The highest BCUT2D eigenvalue weighted by Gasteiger charge is 2.33. The molecule has 1 heterocycles. The van der Waals surface area contributed by atoms with E-state index in [1.54, 1.807) is 18.2 Å². The molecule has 118 valence electrons. The molecule has 2 aromatic carbocycles. The highest BCUT2D eigenvalue weighted by molar-refractivity contribution is 6.03. The topological polar surface area (TPSA) is 87.0 Å². The third-order valence-corrected chi connectivity index (χ3v) is 3.90. The van der Waals surface area contributed by atoms with Crippen LogP contribution in [-0.4, -0.2) is 21.1 Å². The highest BCUT2D eigenvalue weighted by Crippen LogP contribution is 2.45. The zero-order chi connectivity index (χ0) is 16.6. The lowest BCUT2D eigenvalue weighted by Crippen LogP contribution is -2.21. The Kier molecular flexibility index (Phi) is 3.70. The summed E-state index contributed by atoms with van der Waals surface area (Å²) in [4.78, 5) is 12.4. The van der Waals surface area contributed by atoms with Crippen LogP contribution < -0.4 is 4.74 Å². The molecule has 0 bridgehead atoms. The van der Waals surface area contributed by atoms with Gasteiger partial charge in [0.2, 0.25) is 0 Å². The lowest BCUT2D eigenvalue weighted by atomic mass is 9.92. The Morgan fingerprint density at radius 1 is 1.22 bits per heavy atom. The molecule has 0 radical (unpaired) electrons. The maximum atomic E-state index is 12.4. The number of phenolic OH excluding ortho intramolecular Hbond substituents is 3. The van der Waals surface area contributed by atoms with E-state index in [9.17, 15) is 20.1 Å². The van der Waals surface area contributed by atoms with E-state index in [2.05, 4.69) is 6.58 Å². The Balaban J connectivity index is 2.06.